The lowest BCUT2D eigenvalue weighted by atomic mass is 10.1. The summed E-state index contributed by atoms with van der Waals surface area (Å²) in [5, 5.41) is 15.0. The lowest BCUT2D eigenvalue weighted by Gasteiger charge is -2.30. The fraction of sp³-hybridized carbons (Fsp3) is 0.375. The van der Waals surface area contributed by atoms with Crippen LogP contribution in [0.5, 0.6) is 0 Å². The standard InChI is InChI=1S/C16H21N3O3/c1-2-9-17-15(21)12-5-7-13(8-6-12)18-16(22)19-10-3-4-14(20)11-19/h2,5-8,14,20H,1,3-4,9-11H2,(H,17,21)(H,18,22)/t14-/m1/s1. The van der Waals surface area contributed by atoms with Gasteiger partial charge in [0.2, 0.25) is 0 Å². The molecule has 6 nitrogen and oxygen atoms in total. The van der Waals surface area contributed by atoms with E-state index in [4.69, 9.17) is 0 Å². The zero-order valence-corrected chi connectivity index (χ0v) is 12.4. The van der Waals surface area contributed by atoms with Crippen LogP contribution in [0.1, 0.15) is 23.2 Å². The van der Waals surface area contributed by atoms with Gasteiger partial charge in [0, 0.05) is 30.9 Å². The predicted octanol–water partition coefficient (Wildman–Crippen LogP) is 1.59. The molecule has 1 aromatic rings. The van der Waals surface area contributed by atoms with Crippen LogP contribution in [0.3, 0.4) is 0 Å². The summed E-state index contributed by atoms with van der Waals surface area (Å²) < 4.78 is 0. The van der Waals surface area contributed by atoms with Gasteiger partial charge in [-0.25, -0.2) is 4.79 Å². The third kappa shape index (κ3) is 4.33. The highest BCUT2D eigenvalue weighted by molar-refractivity contribution is 5.95. The SMILES string of the molecule is C=CCNC(=O)c1ccc(NC(=O)N2CCC[C@@H](O)C2)cc1. The molecule has 1 saturated heterocycles. The Morgan fingerprint density at radius 1 is 1.36 bits per heavy atom. The molecule has 3 N–H and O–H groups in total. The van der Waals surface area contributed by atoms with E-state index in [1.165, 1.54) is 0 Å². The van der Waals surface area contributed by atoms with Crippen LogP contribution in [0.2, 0.25) is 0 Å². The third-order valence-electron chi connectivity index (χ3n) is 3.49. The van der Waals surface area contributed by atoms with Crippen LogP contribution in [0.4, 0.5) is 10.5 Å². The molecule has 0 aliphatic carbocycles. The Bertz CT molecular complexity index is 542. The Kier molecular flexibility index (Phi) is 5.55. The van der Waals surface area contributed by atoms with Crippen molar-refractivity contribution in [3.63, 3.8) is 0 Å². The van der Waals surface area contributed by atoms with Crippen LogP contribution in [0, 0.1) is 0 Å². The second-order valence-electron chi connectivity index (χ2n) is 5.25. The minimum atomic E-state index is -0.449. The van der Waals surface area contributed by atoms with Crippen LogP contribution >= 0.6 is 0 Å². The van der Waals surface area contributed by atoms with E-state index >= 15 is 0 Å². The van der Waals surface area contributed by atoms with Crippen LogP contribution < -0.4 is 10.6 Å². The number of hydrogen-bond acceptors (Lipinski definition) is 3. The minimum Gasteiger partial charge on any atom is -0.391 e. The Morgan fingerprint density at radius 3 is 2.73 bits per heavy atom. The van der Waals surface area contributed by atoms with E-state index < -0.39 is 6.10 Å². The molecule has 1 heterocycles. The summed E-state index contributed by atoms with van der Waals surface area (Å²) in [6.07, 6.45) is 2.70. The van der Waals surface area contributed by atoms with E-state index in [9.17, 15) is 14.7 Å². The number of β-amino-alcohol motifs (C(OH)–C–C–N with tert-alkyl or cyclic N) is 1. The fourth-order valence-corrected chi connectivity index (χ4v) is 2.31. The first kappa shape index (κ1) is 16.0. The van der Waals surface area contributed by atoms with Crippen LogP contribution in [0.25, 0.3) is 0 Å². The number of nitrogens with zero attached hydrogens (tertiary/aromatic N) is 1. The first-order valence-electron chi connectivity index (χ1n) is 7.33. The molecule has 0 bridgehead atoms. The Labute approximate surface area is 129 Å². The van der Waals surface area contributed by atoms with Crippen molar-refractivity contribution in [1.29, 1.82) is 0 Å². The Morgan fingerprint density at radius 2 is 2.09 bits per heavy atom. The molecule has 1 atom stereocenters. The van der Waals surface area contributed by atoms with E-state index in [0.29, 0.717) is 30.9 Å². The van der Waals surface area contributed by atoms with E-state index in [2.05, 4.69) is 17.2 Å². The molecular weight excluding hydrogens is 282 g/mol. The lowest BCUT2D eigenvalue weighted by molar-refractivity contribution is 0.0883. The minimum absolute atomic E-state index is 0.183. The third-order valence-corrected chi connectivity index (χ3v) is 3.49. The molecule has 22 heavy (non-hydrogen) atoms. The van der Waals surface area contributed by atoms with Gasteiger partial charge in [-0.05, 0) is 37.1 Å². The molecule has 0 radical (unpaired) electrons. The number of aliphatic hydroxyl groups is 1. The molecule has 0 saturated carbocycles. The van der Waals surface area contributed by atoms with Gasteiger partial charge in [0.25, 0.3) is 5.91 Å². The molecule has 1 aliphatic rings. The van der Waals surface area contributed by atoms with Gasteiger partial charge in [-0.2, -0.15) is 0 Å². The molecule has 6 heteroatoms. The second kappa shape index (κ2) is 7.61. The van der Waals surface area contributed by atoms with Crippen molar-refractivity contribution in [2.24, 2.45) is 0 Å². The highest BCUT2D eigenvalue weighted by Crippen LogP contribution is 2.14. The number of rotatable bonds is 4. The summed E-state index contributed by atoms with van der Waals surface area (Å²) in [7, 11) is 0. The van der Waals surface area contributed by atoms with Crippen molar-refractivity contribution >= 4 is 17.6 Å². The number of aliphatic hydroxyl groups excluding tert-OH is 1. The van der Waals surface area contributed by atoms with Crippen LogP contribution in [-0.4, -0.2) is 47.7 Å². The maximum absolute atomic E-state index is 12.1. The molecule has 1 fully saturated rings. The number of likely N-dealkylation sites (tertiary alicyclic amines) is 1. The normalized spacial score (nSPS) is 17.7. The smallest absolute Gasteiger partial charge is 0.321 e. The highest BCUT2D eigenvalue weighted by Gasteiger charge is 2.21. The van der Waals surface area contributed by atoms with Gasteiger partial charge in [-0.3, -0.25) is 4.79 Å². The average molecular weight is 303 g/mol. The number of amides is 3. The number of piperidine rings is 1. The lowest BCUT2D eigenvalue weighted by Crippen LogP contribution is -2.44. The largest absolute Gasteiger partial charge is 0.391 e. The number of nitrogens with one attached hydrogen (secondary N) is 2. The van der Waals surface area contributed by atoms with Crippen LogP contribution in [-0.2, 0) is 0 Å². The van der Waals surface area contributed by atoms with Gasteiger partial charge in [-0.1, -0.05) is 6.08 Å². The Hall–Kier alpha value is -2.34. The van der Waals surface area contributed by atoms with Crippen molar-refractivity contribution < 1.29 is 14.7 Å². The number of urea groups is 1. The first-order chi connectivity index (χ1) is 10.6. The van der Waals surface area contributed by atoms with Gasteiger partial charge >= 0.3 is 6.03 Å². The number of benzene rings is 1. The highest BCUT2D eigenvalue weighted by atomic mass is 16.3. The van der Waals surface area contributed by atoms with Crippen LogP contribution in [0.15, 0.2) is 36.9 Å². The molecule has 1 aliphatic heterocycles. The van der Waals surface area contributed by atoms with Gasteiger partial charge in [-0.15, -0.1) is 6.58 Å². The van der Waals surface area contributed by atoms with E-state index in [1.54, 1.807) is 35.2 Å². The molecular formula is C16H21N3O3. The fourth-order valence-electron chi connectivity index (χ4n) is 2.31. The first-order valence-corrected chi connectivity index (χ1v) is 7.33. The quantitative estimate of drug-likeness (QED) is 0.739. The molecule has 0 unspecified atom stereocenters. The zero-order valence-electron chi connectivity index (χ0n) is 12.4. The molecule has 0 aromatic heterocycles. The van der Waals surface area contributed by atoms with E-state index in [0.717, 1.165) is 12.8 Å². The maximum Gasteiger partial charge on any atom is 0.321 e. The monoisotopic (exact) mass is 303 g/mol. The van der Waals surface area contributed by atoms with Crippen molar-refractivity contribution in [3.8, 4) is 0 Å². The number of anilines is 1. The second-order valence-corrected chi connectivity index (χ2v) is 5.25. The summed E-state index contributed by atoms with van der Waals surface area (Å²) in [5.74, 6) is -0.183. The summed E-state index contributed by atoms with van der Waals surface area (Å²) in [4.78, 5) is 25.4. The predicted molar refractivity (Wildman–Crippen MR) is 84.8 cm³/mol. The van der Waals surface area contributed by atoms with Gasteiger partial charge < -0.3 is 20.6 Å². The molecule has 1 aromatic carbocycles. The van der Waals surface area contributed by atoms with E-state index in [-0.39, 0.29) is 11.9 Å². The number of hydrogen-bond donors (Lipinski definition) is 3. The number of carbonyl (C=O) groups is 2. The summed E-state index contributed by atoms with van der Waals surface area (Å²) in [5.41, 5.74) is 1.14. The maximum atomic E-state index is 12.1. The zero-order chi connectivity index (χ0) is 15.9. The van der Waals surface area contributed by atoms with E-state index in [1.807, 2.05) is 0 Å². The summed E-state index contributed by atoms with van der Waals surface area (Å²) in [6, 6.07) is 6.43. The molecule has 2 rings (SSSR count). The van der Waals surface area contributed by atoms with Crippen molar-refractivity contribution in [2.75, 3.05) is 25.0 Å². The van der Waals surface area contributed by atoms with Gasteiger partial charge in [0.05, 0.1) is 6.10 Å². The molecule has 0 spiro atoms. The Balaban J connectivity index is 1.91. The molecule has 118 valence electrons. The average Bonchev–Trinajstić information content (AvgIpc) is 2.53. The summed E-state index contributed by atoms with van der Waals surface area (Å²) in [6.45, 7) is 4.95. The number of carbonyl (C=O) groups excluding carboxylic acids is 2. The molecule has 3 amide bonds. The summed E-state index contributed by atoms with van der Waals surface area (Å²) >= 11 is 0. The topological polar surface area (TPSA) is 81.7 Å². The van der Waals surface area contributed by atoms with Crippen molar-refractivity contribution in [2.45, 2.75) is 18.9 Å². The van der Waals surface area contributed by atoms with Crippen molar-refractivity contribution in [3.05, 3.63) is 42.5 Å². The van der Waals surface area contributed by atoms with Gasteiger partial charge in [0.15, 0.2) is 0 Å². The van der Waals surface area contributed by atoms with Gasteiger partial charge in [0.1, 0.15) is 0 Å². The van der Waals surface area contributed by atoms with Crippen molar-refractivity contribution in [1.82, 2.24) is 10.2 Å².